The third kappa shape index (κ3) is 4.12. The molecule has 4 heteroatoms. The zero-order valence-electron chi connectivity index (χ0n) is 14.2. The van der Waals surface area contributed by atoms with Crippen molar-refractivity contribution in [2.75, 3.05) is 19.6 Å². The van der Waals surface area contributed by atoms with Gasteiger partial charge < -0.3 is 15.4 Å². The molecule has 0 aromatic heterocycles. The highest BCUT2D eigenvalue weighted by molar-refractivity contribution is 5.68. The Kier molecular flexibility index (Phi) is 4.57. The molecule has 4 nitrogen and oxygen atoms in total. The molecule has 2 fully saturated rings. The summed E-state index contributed by atoms with van der Waals surface area (Å²) in [6.07, 6.45) is 7.08. The van der Waals surface area contributed by atoms with Gasteiger partial charge in [-0.05, 0) is 76.7 Å². The Morgan fingerprint density at radius 1 is 1.10 bits per heavy atom. The van der Waals surface area contributed by atoms with Crippen molar-refractivity contribution in [3.63, 3.8) is 0 Å². The van der Waals surface area contributed by atoms with Crippen LogP contribution in [-0.4, -0.2) is 36.2 Å². The van der Waals surface area contributed by atoms with Gasteiger partial charge in [0.2, 0.25) is 0 Å². The van der Waals surface area contributed by atoms with Gasteiger partial charge >= 0.3 is 6.09 Å². The number of hydrogen-bond donors (Lipinski definition) is 1. The predicted molar refractivity (Wildman–Crippen MR) is 85.1 cm³/mol. The van der Waals surface area contributed by atoms with Crippen molar-refractivity contribution in [1.82, 2.24) is 4.90 Å². The van der Waals surface area contributed by atoms with Gasteiger partial charge in [0, 0.05) is 13.1 Å². The monoisotopic (exact) mass is 296 g/mol. The van der Waals surface area contributed by atoms with Crippen LogP contribution in [0, 0.1) is 10.8 Å². The molecule has 2 aliphatic rings. The van der Waals surface area contributed by atoms with Crippen LogP contribution < -0.4 is 5.73 Å². The van der Waals surface area contributed by atoms with Gasteiger partial charge in [0.25, 0.3) is 0 Å². The van der Waals surface area contributed by atoms with Crippen molar-refractivity contribution in [2.24, 2.45) is 16.6 Å². The molecular formula is C17H32N2O2. The summed E-state index contributed by atoms with van der Waals surface area (Å²) in [5.74, 6) is 0. The van der Waals surface area contributed by atoms with Crippen LogP contribution >= 0.6 is 0 Å². The minimum absolute atomic E-state index is 0.153. The van der Waals surface area contributed by atoms with Crippen molar-refractivity contribution >= 4 is 6.09 Å². The third-order valence-corrected chi connectivity index (χ3v) is 5.49. The Balaban J connectivity index is 1.85. The molecule has 122 valence electrons. The SMILES string of the molecule is CC1(CN)CCC2(CCN(C(=O)OC(C)(C)C)CC2)CC1. The summed E-state index contributed by atoms with van der Waals surface area (Å²) in [5, 5.41) is 0. The van der Waals surface area contributed by atoms with Crippen LogP contribution in [0.25, 0.3) is 0 Å². The maximum absolute atomic E-state index is 12.1. The summed E-state index contributed by atoms with van der Waals surface area (Å²) in [6.45, 7) is 10.6. The first-order valence-corrected chi connectivity index (χ1v) is 8.35. The van der Waals surface area contributed by atoms with E-state index in [1.54, 1.807) is 0 Å². The number of carbonyl (C=O) groups excluding carboxylic acids is 1. The molecule has 1 amide bonds. The Morgan fingerprint density at radius 2 is 1.62 bits per heavy atom. The average Bonchev–Trinajstić information content (AvgIpc) is 2.42. The van der Waals surface area contributed by atoms with Crippen molar-refractivity contribution in [2.45, 2.75) is 71.8 Å². The van der Waals surface area contributed by atoms with Crippen molar-refractivity contribution in [3.8, 4) is 0 Å². The van der Waals surface area contributed by atoms with Gasteiger partial charge in [-0.25, -0.2) is 4.79 Å². The van der Waals surface area contributed by atoms with Crippen LogP contribution in [0.2, 0.25) is 0 Å². The number of piperidine rings is 1. The predicted octanol–water partition coefficient (Wildman–Crippen LogP) is 3.54. The third-order valence-electron chi connectivity index (χ3n) is 5.49. The van der Waals surface area contributed by atoms with E-state index in [1.165, 1.54) is 25.7 Å². The summed E-state index contributed by atoms with van der Waals surface area (Å²) >= 11 is 0. The maximum atomic E-state index is 12.1. The number of carbonyl (C=O) groups is 1. The van der Waals surface area contributed by atoms with Gasteiger partial charge in [0.15, 0.2) is 0 Å². The minimum atomic E-state index is -0.403. The highest BCUT2D eigenvalue weighted by Gasteiger charge is 2.42. The van der Waals surface area contributed by atoms with Crippen LogP contribution in [0.5, 0.6) is 0 Å². The maximum Gasteiger partial charge on any atom is 0.410 e. The van der Waals surface area contributed by atoms with Crippen molar-refractivity contribution in [1.29, 1.82) is 0 Å². The molecule has 0 aromatic rings. The zero-order chi connectivity index (χ0) is 15.7. The molecule has 0 aromatic carbocycles. The molecule has 1 aliphatic heterocycles. The van der Waals surface area contributed by atoms with E-state index in [-0.39, 0.29) is 6.09 Å². The first-order valence-electron chi connectivity index (χ1n) is 8.35. The van der Waals surface area contributed by atoms with Crippen LogP contribution in [0.1, 0.15) is 66.2 Å². The number of nitrogens with zero attached hydrogens (tertiary/aromatic N) is 1. The Labute approximate surface area is 129 Å². The topological polar surface area (TPSA) is 55.6 Å². The van der Waals surface area contributed by atoms with Crippen molar-refractivity contribution < 1.29 is 9.53 Å². The second-order valence-corrected chi connectivity index (χ2v) is 8.48. The molecule has 21 heavy (non-hydrogen) atoms. The molecule has 0 radical (unpaired) electrons. The van der Waals surface area contributed by atoms with Gasteiger partial charge in [0.05, 0.1) is 0 Å². The van der Waals surface area contributed by atoms with Gasteiger partial charge in [0.1, 0.15) is 5.60 Å². The van der Waals surface area contributed by atoms with Gasteiger partial charge in [-0.15, -0.1) is 0 Å². The molecule has 0 atom stereocenters. The fourth-order valence-electron chi connectivity index (χ4n) is 3.58. The Bertz CT molecular complexity index is 369. The molecule has 2 rings (SSSR count). The highest BCUT2D eigenvalue weighted by Crippen LogP contribution is 2.50. The summed E-state index contributed by atoms with van der Waals surface area (Å²) < 4.78 is 5.47. The lowest BCUT2D eigenvalue weighted by atomic mass is 9.61. The second-order valence-electron chi connectivity index (χ2n) is 8.48. The molecular weight excluding hydrogens is 264 g/mol. The molecule has 1 heterocycles. The quantitative estimate of drug-likeness (QED) is 0.805. The van der Waals surface area contributed by atoms with E-state index in [0.29, 0.717) is 10.8 Å². The fourth-order valence-corrected chi connectivity index (χ4v) is 3.58. The molecule has 1 saturated carbocycles. The Morgan fingerprint density at radius 3 is 2.05 bits per heavy atom. The zero-order valence-corrected chi connectivity index (χ0v) is 14.2. The summed E-state index contributed by atoms with van der Waals surface area (Å²) in [5.41, 5.74) is 6.30. The Hall–Kier alpha value is -0.770. The summed E-state index contributed by atoms with van der Waals surface area (Å²) in [6, 6.07) is 0. The standard InChI is InChI=1S/C17H32N2O2/c1-15(2,3)21-14(20)19-11-9-17(10-12-19)7-5-16(4,13-18)6-8-17/h5-13,18H2,1-4H3. The van der Waals surface area contributed by atoms with Gasteiger partial charge in [-0.2, -0.15) is 0 Å². The number of nitrogens with two attached hydrogens (primary N) is 1. The first-order chi connectivity index (χ1) is 9.67. The molecule has 1 aliphatic carbocycles. The van der Waals surface area contributed by atoms with E-state index in [0.717, 1.165) is 32.5 Å². The van der Waals surface area contributed by atoms with Gasteiger partial charge in [-0.3, -0.25) is 0 Å². The number of ether oxygens (including phenoxy) is 1. The number of amides is 1. The highest BCUT2D eigenvalue weighted by atomic mass is 16.6. The van der Waals surface area contributed by atoms with Crippen LogP contribution in [0.15, 0.2) is 0 Å². The largest absolute Gasteiger partial charge is 0.444 e. The van der Waals surface area contributed by atoms with Gasteiger partial charge in [-0.1, -0.05) is 6.92 Å². The second kappa shape index (κ2) is 5.79. The fraction of sp³-hybridized carbons (Fsp3) is 0.941. The number of likely N-dealkylation sites (tertiary alicyclic amines) is 1. The average molecular weight is 296 g/mol. The lowest BCUT2D eigenvalue weighted by molar-refractivity contribution is -0.00491. The molecule has 1 saturated heterocycles. The van der Waals surface area contributed by atoms with E-state index >= 15 is 0 Å². The molecule has 0 unspecified atom stereocenters. The van der Waals surface area contributed by atoms with E-state index in [2.05, 4.69) is 6.92 Å². The van der Waals surface area contributed by atoms with Crippen molar-refractivity contribution in [3.05, 3.63) is 0 Å². The molecule has 2 N–H and O–H groups in total. The van der Waals surface area contributed by atoms with E-state index in [9.17, 15) is 4.79 Å². The summed E-state index contributed by atoms with van der Waals surface area (Å²) in [4.78, 5) is 14.0. The number of hydrogen-bond acceptors (Lipinski definition) is 3. The smallest absolute Gasteiger partial charge is 0.410 e. The normalized spacial score (nSPS) is 24.9. The molecule has 1 spiro atoms. The van der Waals surface area contributed by atoms with Crippen LogP contribution in [-0.2, 0) is 4.74 Å². The summed E-state index contributed by atoms with van der Waals surface area (Å²) in [7, 11) is 0. The first kappa shape index (κ1) is 16.6. The number of rotatable bonds is 1. The lowest BCUT2D eigenvalue weighted by Gasteiger charge is -2.48. The lowest BCUT2D eigenvalue weighted by Crippen LogP contribution is -2.47. The van der Waals surface area contributed by atoms with E-state index < -0.39 is 5.60 Å². The minimum Gasteiger partial charge on any atom is -0.444 e. The van der Waals surface area contributed by atoms with Crippen LogP contribution in [0.3, 0.4) is 0 Å². The van der Waals surface area contributed by atoms with Crippen LogP contribution in [0.4, 0.5) is 4.79 Å². The molecule has 0 bridgehead atoms. The van der Waals surface area contributed by atoms with E-state index in [1.807, 2.05) is 25.7 Å². The van der Waals surface area contributed by atoms with E-state index in [4.69, 9.17) is 10.5 Å².